The number of rotatable bonds is 2. The lowest BCUT2D eigenvalue weighted by molar-refractivity contribution is -0.0546. The molecule has 0 spiro atoms. The van der Waals surface area contributed by atoms with Gasteiger partial charge in [-0.2, -0.15) is 0 Å². The van der Waals surface area contributed by atoms with Crippen molar-refractivity contribution in [2.75, 3.05) is 6.61 Å². The van der Waals surface area contributed by atoms with E-state index in [2.05, 4.69) is 15.0 Å². The Labute approximate surface area is 125 Å². The molecule has 1 saturated heterocycles. The molecule has 0 saturated carbocycles. The number of H-pyrrole nitrogens is 1. The third kappa shape index (κ3) is 2.03. The average molecular weight is 394 g/mol. The first kappa shape index (κ1) is 13.9. The quantitative estimate of drug-likeness (QED) is 0.354. The third-order valence-electron chi connectivity index (χ3n) is 3.20. The van der Waals surface area contributed by atoms with Crippen molar-refractivity contribution in [1.29, 1.82) is 0 Å². The van der Waals surface area contributed by atoms with Gasteiger partial charge in [-0.3, -0.25) is 9.36 Å². The van der Waals surface area contributed by atoms with E-state index in [1.807, 2.05) is 22.6 Å². The van der Waals surface area contributed by atoms with Crippen LogP contribution >= 0.6 is 22.6 Å². The van der Waals surface area contributed by atoms with Crippen LogP contribution in [0.15, 0.2) is 11.1 Å². The number of aliphatic hydroxyl groups excluding tert-OH is 3. The van der Waals surface area contributed by atoms with E-state index >= 15 is 0 Å². The largest absolute Gasteiger partial charge is 0.394 e. The van der Waals surface area contributed by atoms with Gasteiger partial charge in [0.25, 0.3) is 5.56 Å². The van der Waals surface area contributed by atoms with E-state index in [9.17, 15) is 15.0 Å². The molecule has 1 aliphatic heterocycles. The Hall–Kier alpha value is -1.08. The van der Waals surface area contributed by atoms with E-state index < -0.39 is 36.7 Å². The zero-order chi connectivity index (χ0) is 14.4. The van der Waals surface area contributed by atoms with Crippen LogP contribution in [0.2, 0.25) is 0 Å². The second-order valence-electron chi connectivity index (χ2n) is 4.41. The van der Waals surface area contributed by atoms with E-state index in [1.54, 1.807) is 0 Å². The third-order valence-corrected chi connectivity index (χ3v) is 3.71. The number of fused-ring (bicyclic) bond motifs is 1. The molecule has 0 unspecified atom stereocenters. The fraction of sp³-hybridized carbons (Fsp3) is 0.500. The molecule has 2 aromatic heterocycles. The maximum atomic E-state index is 12.3. The molecule has 108 valence electrons. The summed E-state index contributed by atoms with van der Waals surface area (Å²) < 4.78 is 6.88. The maximum absolute atomic E-state index is 12.3. The summed E-state index contributed by atoms with van der Waals surface area (Å²) in [5.41, 5.74) is -0.0164. The van der Waals surface area contributed by atoms with Gasteiger partial charge in [-0.15, -0.1) is 0 Å². The molecule has 9 nitrogen and oxygen atoms in total. The minimum absolute atomic E-state index is 0.189. The van der Waals surface area contributed by atoms with Gasteiger partial charge in [0.05, 0.1) is 6.61 Å². The van der Waals surface area contributed by atoms with Crippen molar-refractivity contribution in [2.45, 2.75) is 24.5 Å². The van der Waals surface area contributed by atoms with Crippen molar-refractivity contribution >= 4 is 33.8 Å². The number of nitrogens with one attached hydrogen (secondary N) is 1. The summed E-state index contributed by atoms with van der Waals surface area (Å²) in [4.78, 5) is 23.1. The SMILES string of the molecule is O=c1c2[nH]c(I)nc2ncn1[C@@H]1O[C@H](CO)[C@@H](O)[C@H]1O. The molecule has 1 fully saturated rings. The lowest BCUT2D eigenvalue weighted by Gasteiger charge is -2.16. The zero-order valence-corrected chi connectivity index (χ0v) is 12.1. The van der Waals surface area contributed by atoms with Crippen LogP contribution in [0.4, 0.5) is 0 Å². The molecule has 2 aromatic rings. The Bertz CT molecular complexity index is 701. The Morgan fingerprint density at radius 2 is 2.20 bits per heavy atom. The molecule has 0 amide bonds. The summed E-state index contributed by atoms with van der Waals surface area (Å²) >= 11 is 1.92. The van der Waals surface area contributed by atoms with Crippen LogP contribution in [0, 0.1) is 3.83 Å². The number of hydrogen-bond acceptors (Lipinski definition) is 7. The molecular weight excluding hydrogens is 383 g/mol. The van der Waals surface area contributed by atoms with Gasteiger partial charge < -0.3 is 25.0 Å². The maximum Gasteiger partial charge on any atom is 0.281 e. The standard InChI is InChI=1S/C10H11IN4O5/c11-10-13-4-7(14-10)12-2-15(8(4)19)9-6(18)5(17)3(1-16)20-9/h2-3,5-6,9,16-18H,1H2,(H,13,14)/t3-,5-,6-,9-/m1/s1. The Balaban J connectivity index is 2.07. The average Bonchev–Trinajstić information content (AvgIpc) is 2.93. The molecule has 0 aliphatic carbocycles. The second-order valence-corrected chi connectivity index (χ2v) is 5.43. The molecule has 4 atom stereocenters. The van der Waals surface area contributed by atoms with Gasteiger partial charge in [0.1, 0.15) is 24.6 Å². The van der Waals surface area contributed by atoms with Gasteiger partial charge in [-0.05, 0) is 22.6 Å². The number of halogens is 1. The molecular formula is C10H11IN4O5. The van der Waals surface area contributed by atoms with Crippen LogP contribution in [0.25, 0.3) is 11.2 Å². The van der Waals surface area contributed by atoms with Crippen molar-refractivity contribution in [2.24, 2.45) is 0 Å². The number of aromatic nitrogens is 4. The van der Waals surface area contributed by atoms with Gasteiger partial charge >= 0.3 is 0 Å². The molecule has 0 bridgehead atoms. The van der Waals surface area contributed by atoms with Crippen molar-refractivity contribution in [3.05, 3.63) is 20.5 Å². The second kappa shape index (κ2) is 5.04. The van der Waals surface area contributed by atoms with Gasteiger partial charge in [-0.1, -0.05) is 0 Å². The lowest BCUT2D eigenvalue weighted by Crippen LogP contribution is -2.35. The summed E-state index contributed by atoms with van der Waals surface area (Å²) in [5, 5.41) is 28.7. The number of aliphatic hydroxyl groups is 3. The molecule has 4 N–H and O–H groups in total. The minimum atomic E-state index is -1.33. The van der Waals surface area contributed by atoms with E-state index in [0.717, 1.165) is 4.57 Å². The van der Waals surface area contributed by atoms with E-state index in [1.165, 1.54) is 6.33 Å². The first-order chi connectivity index (χ1) is 9.52. The summed E-state index contributed by atoms with van der Waals surface area (Å²) in [6.45, 7) is -0.457. The van der Waals surface area contributed by atoms with Crippen molar-refractivity contribution in [3.8, 4) is 0 Å². The highest BCUT2D eigenvalue weighted by atomic mass is 127. The van der Waals surface area contributed by atoms with Crippen LogP contribution in [0.1, 0.15) is 6.23 Å². The number of imidazole rings is 1. The summed E-state index contributed by atoms with van der Waals surface area (Å²) in [6.07, 6.45) is -3.45. The molecule has 3 rings (SSSR count). The molecule has 0 radical (unpaired) electrons. The van der Waals surface area contributed by atoms with Crippen molar-refractivity contribution in [1.82, 2.24) is 19.5 Å². The fourth-order valence-electron chi connectivity index (χ4n) is 2.17. The highest BCUT2D eigenvalue weighted by Crippen LogP contribution is 2.28. The molecule has 3 heterocycles. The predicted molar refractivity (Wildman–Crippen MR) is 73.9 cm³/mol. The zero-order valence-electron chi connectivity index (χ0n) is 9.97. The summed E-state index contributed by atoms with van der Waals surface area (Å²) in [6, 6.07) is 0. The van der Waals surface area contributed by atoms with Gasteiger partial charge in [0.2, 0.25) is 0 Å². The van der Waals surface area contributed by atoms with Gasteiger partial charge in [0.15, 0.2) is 21.2 Å². The van der Waals surface area contributed by atoms with Crippen LogP contribution < -0.4 is 5.56 Å². The summed E-state index contributed by atoms with van der Waals surface area (Å²) in [5.74, 6) is 0. The lowest BCUT2D eigenvalue weighted by atomic mass is 10.1. The molecule has 1 aliphatic rings. The predicted octanol–water partition coefficient (Wildman–Crippen LogP) is -1.66. The van der Waals surface area contributed by atoms with E-state index in [4.69, 9.17) is 9.84 Å². The first-order valence-electron chi connectivity index (χ1n) is 5.77. The Kier molecular flexibility index (Phi) is 3.50. The van der Waals surface area contributed by atoms with Crippen LogP contribution in [-0.4, -0.2) is 59.8 Å². The normalized spacial score (nSPS) is 30.2. The van der Waals surface area contributed by atoms with Gasteiger partial charge in [0, 0.05) is 0 Å². The van der Waals surface area contributed by atoms with Gasteiger partial charge in [-0.25, -0.2) is 9.97 Å². The summed E-state index contributed by atoms with van der Waals surface area (Å²) in [7, 11) is 0. The van der Waals surface area contributed by atoms with E-state index in [-0.39, 0.29) is 11.2 Å². The smallest absolute Gasteiger partial charge is 0.281 e. The highest BCUT2D eigenvalue weighted by molar-refractivity contribution is 14.1. The molecule has 20 heavy (non-hydrogen) atoms. The van der Waals surface area contributed by atoms with Crippen LogP contribution in [0.5, 0.6) is 0 Å². The van der Waals surface area contributed by atoms with Crippen LogP contribution in [0.3, 0.4) is 0 Å². The molecule has 0 aromatic carbocycles. The molecule has 10 heteroatoms. The number of hydrogen-bond donors (Lipinski definition) is 4. The Morgan fingerprint density at radius 1 is 1.45 bits per heavy atom. The van der Waals surface area contributed by atoms with E-state index in [0.29, 0.717) is 3.83 Å². The monoisotopic (exact) mass is 394 g/mol. The minimum Gasteiger partial charge on any atom is -0.394 e. The number of aromatic amines is 1. The Morgan fingerprint density at radius 3 is 2.85 bits per heavy atom. The number of ether oxygens (including phenoxy) is 1. The first-order valence-corrected chi connectivity index (χ1v) is 6.85. The highest BCUT2D eigenvalue weighted by Gasteiger charge is 2.43. The van der Waals surface area contributed by atoms with Crippen molar-refractivity contribution in [3.63, 3.8) is 0 Å². The fourth-order valence-corrected chi connectivity index (χ4v) is 2.67. The van der Waals surface area contributed by atoms with Crippen LogP contribution in [-0.2, 0) is 4.74 Å². The van der Waals surface area contributed by atoms with Crippen molar-refractivity contribution < 1.29 is 20.1 Å². The topological polar surface area (TPSA) is 133 Å². The number of nitrogens with zero attached hydrogens (tertiary/aromatic N) is 3.